The molecular weight excluding hydrogens is 268 g/mol. The van der Waals surface area contributed by atoms with Crippen molar-refractivity contribution in [3.63, 3.8) is 0 Å². The fraction of sp³-hybridized carbons (Fsp3) is 0.500. The number of halogens is 1. The van der Waals surface area contributed by atoms with Gasteiger partial charge in [-0.2, -0.15) is 0 Å². The number of anilines is 1. The Balaban J connectivity index is 2.20. The van der Waals surface area contributed by atoms with Crippen LogP contribution in [0.2, 0.25) is 0 Å². The molecule has 0 fully saturated rings. The van der Waals surface area contributed by atoms with Gasteiger partial charge in [0.25, 0.3) is 0 Å². The van der Waals surface area contributed by atoms with E-state index in [2.05, 4.69) is 45.3 Å². The third-order valence-electron chi connectivity index (χ3n) is 2.32. The highest BCUT2D eigenvalue weighted by Gasteiger charge is 1.97. The van der Waals surface area contributed by atoms with E-state index in [9.17, 15) is 0 Å². The lowest BCUT2D eigenvalue weighted by Crippen LogP contribution is -2.28. The van der Waals surface area contributed by atoms with Crippen molar-refractivity contribution >= 4 is 21.6 Å². The second-order valence-corrected chi connectivity index (χ2v) is 4.65. The van der Waals surface area contributed by atoms with Crippen LogP contribution in [0.25, 0.3) is 0 Å². The minimum absolute atomic E-state index is 0.785. The Morgan fingerprint density at radius 1 is 1.38 bits per heavy atom. The van der Waals surface area contributed by atoms with E-state index in [0.717, 1.165) is 36.4 Å². The topological polar surface area (TPSA) is 24.5 Å². The summed E-state index contributed by atoms with van der Waals surface area (Å²) in [4.78, 5) is 2.24. The predicted molar refractivity (Wildman–Crippen MR) is 72.0 cm³/mol. The molecule has 0 aliphatic rings. The summed E-state index contributed by atoms with van der Waals surface area (Å²) in [6, 6.07) is 8.20. The first kappa shape index (κ1) is 13.5. The Morgan fingerprint density at radius 2 is 2.19 bits per heavy atom. The molecule has 4 heteroatoms. The van der Waals surface area contributed by atoms with Crippen molar-refractivity contribution in [1.82, 2.24) is 4.90 Å². The molecule has 0 aliphatic carbocycles. The zero-order chi connectivity index (χ0) is 11.8. The molecule has 1 aromatic rings. The molecule has 0 unspecified atom stereocenters. The first-order chi connectivity index (χ1) is 7.72. The summed E-state index contributed by atoms with van der Waals surface area (Å²) in [6.45, 7) is 3.70. The second kappa shape index (κ2) is 7.65. The van der Waals surface area contributed by atoms with Gasteiger partial charge in [0, 0.05) is 36.9 Å². The molecule has 1 rings (SSSR count). The van der Waals surface area contributed by atoms with Crippen LogP contribution in [0.3, 0.4) is 0 Å². The fourth-order valence-electron chi connectivity index (χ4n) is 1.35. The molecule has 1 aromatic carbocycles. The first-order valence-corrected chi connectivity index (χ1v) is 6.18. The largest absolute Gasteiger partial charge is 0.384 e. The number of nitrogens with one attached hydrogen (secondary N) is 1. The molecular formula is C12H19BrN2O. The van der Waals surface area contributed by atoms with Crippen LogP contribution in [-0.2, 0) is 4.74 Å². The van der Waals surface area contributed by atoms with Crippen molar-refractivity contribution in [1.29, 1.82) is 0 Å². The molecule has 0 heterocycles. The third-order valence-corrected chi connectivity index (χ3v) is 2.82. The number of rotatable bonds is 7. The van der Waals surface area contributed by atoms with Gasteiger partial charge in [0.1, 0.15) is 0 Å². The van der Waals surface area contributed by atoms with Crippen LogP contribution in [0.1, 0.15) is 0 Å². The Labute approximate surface area is 106 Å². The molecule has 0 amide bonds. The lowest BCUT2D eigenvalue weighted by molar-refractivity contribution is 0.163. The monoisotopic (exact) mass is 286 g/mol. The summed E-state index contributed by atoms with van der Waals surface area (Å²) in [5.41, 5.74) is 1.15. The summed E-state index contributed by atoms with van der Waals surface area (Å²) >= 11 is 3.45. The van der Waals surface area contributed by atoms with E-state index in [1.807, 2.05) is 12.1 Å². The zero-order valence-electron chi connectivity index (χ0n) is 9.87. The number of ether oxygens (including phenoxy) is 1. The molecule has 0 saturated carbocycles. The molecule has 0 saturated heterocycles. The van der Waals surface area contributed by atoms with E-state index in [4.69, 9.17) is 4.74 Å². The Morgan fingerprint density at radius 3 is 2.88 bits per heavy atom. The summed E-state index contributed by atoms with van der Waals surface area (Å²) in [5, 5.41) is 3.38. The maximum Gasteiger partial charge on any atom is 0.0589 e. The standard InChI is InChI=1S/C12H19BrN2O/c1-15(8-9-16-2)7-6-14-12-5-3-4-11(13)10-12/h3-5,10,14H,6-9H2,1-2H3. The van der Waals surface area contributed by atoms with Crippen molar-refractivity contribution in [3.05, 3.63) is 28.7 Å². The van der Waals surface area contributed by atoms with Crippen molar-refractivity contribution in [2.75, 3.05) is 45.7 Å². The lowest BCUT2D eigenvalue weighted by atomic mass is 10.3. The Bertz CT molecular complexity index is 307. The molecule has 3 nitrogen and oxygen atoms in total. The van der Waals surface area contributed by atoms with Crippen LogP contribution in [0.5, 0.6) is 0 Å². The van der Waals surface area contributed by atoms with Crippen molar-refractivity contribution < 1.29 is 4.74 Å². The van der Waals surface area contributed by atoms with Gasteiger partial charge in [-0.25, -0.2) is 0 Å². The normalized spacial score (nSPS) is 10.8. The lowest BCUT2D eigenvalue weighted by Gasteiger charge is -2.16. The van der Waals surface area contributed by atoms with E-state index < -0.39 is 0 Å². The van der Waals surface area contributed by atoms with Crippen molar-refractivity contribution in [2.45, 2.75) is 0 Å². The molecule has 0 aliphatic heterocycles. The molecule has 0 spiro atoms. The zero-order valence-corrected chi connectivity index (χ0v) is 11.5. The molecule has 90 valence electrons. The third kappa shape index (κ3) is 5.49. The van der Waals surface area contributed by atoms with Gasteiger partial charge in [-0.15, -0.1) is 0 Å². The van der Waals surface area contributed by atoms with E-state index in [0.29, 0.717) is 0 Å². The van der Waals surface area contributed by atoms with Gasteiger partial charge in [0.2, 0.25) is 0 Å². The number of hydrogen-bond acceptors (Lipinski definition) is 3. The average molecular weight is 287 g/mol. The number of likely N-dealkylation sites (N-methyl/N-ethyl adjacent to an activating group) is 1. The van der Waals surface area contributed by atoms with E-state index in [1.165, 1.54) is 0 Å². The smallest absolute Gasteiger partial charge is 0.0589 e. The van der Waals surface area contributed by atoms with E-state index in [-0.39, 0.29) is 0 Å². The summed E-state index contributed by atoms with van der Waals surface area (Å²) in [7, 11) is 3.83. The van der Waals surface area contributed by atoms with Crippen LogP contribution in [-0.4, -0.2) is 45.3 Å². The van der Waals surface area contributed by atoms with Crippen LogP contribution in [0.4, 0.5) is 5.69 Å². The van der Waals surface area contributed by atoms with Gasteiger partial charge < -0.3 is 15.0 Å². The SMILES string of the molecule is COCCN(C)CCNc1cccc(Br)c1. The number of methoxy groups -OCH3 is 1. The number of hydrogen-bond donors (Lipinski definition) is 1. The van der Waals surface area contributed by atoms with Crippen molar-refractivity contribution in [3.8, 4) is 0 Å². The highest BCUT2D eigenvalue weighted by molar-refractivity contribution is 9.10. The number of nitrogens with zero attached hydrogens (tertiary/aromatic N) is 1. The highest BCUT2D eigenvalue weighted by Crippen LogP contribution is 2.15. The van der Waals surface area contributed by atoms with Gasteiger partial charge in [0.15, 0.2) is 0 Å². The highest BCUT2D eigenvalue weighted by atomic mass is 79.9. The molecule has 1 N–H and O–H groups in total. The van der Waals surface area contributed by atoms with Crippen LogP contribution < -0.4 is 5.32 Å². The van der Waals surface area contributed by atoms with Gasteiger partial charge in [-0.1, -0.05) is 22.0 Å². The second-order valence-electron chi connectivity index (χ2n) is 3.73. The quantitative estimate of drug-likeness (QED) is 0.833. The van der Waals surface area contributed by atoms with Gasteiger partial charge in [-0.05, 0) is 25.2 Å². The summed E-state index contributed by atoms with van der Waals surface area (Å²) in [6.07, 6.45) is 0. The van der Waals surface area contributed by atoms with Crippen LogP contribution in [0, 0.1) is 0 Å². The fourth-order valence-corrected chi connectivity index (χ4v) is 1.75. The number of benzene rings is 1. The Hall–Kier alpha value is -0.580. The molecule has 0 atom stereocenters. The molecule has 0 aromatic heterocycles. The minimum Gasteiger partial charge on any atom is -0.384 e. The van der Waals surface area contributed by atoms with Crippen molar-refractivity contribution in [2.24, 2.45) is 0 Å². The van der Waals surface area contributed by atoms with E-state index >= 15 is 0 Å². The molecule has 0 bridgehead atoms. The molecule has 0 radical (unpaired) electrons. The van der Waals surface area contributed by atoms with E-state index in [1.54, 1.807) is 7.11 Å². The predicted octanol–water partition coefficient (Wildman–Crippen LogP) is 2.44. The maximum absolute atomic E-state index is 5.02. The molecule has 16 heavy (non-hydrogen) atoms. The summed E-state index contributed by atoms with van der Waals surface area (Å²) in [5.74, 6) is 0. The van der Waals surface area contributed by atoms with Gasteiger partial charge >= 0.3 is 0 Å². The average Bonchev–Trinajstić information content (AvgIpc) is 2.26. The summed E-state index contributed by atoms with van der Waals surface area (Å²) < 4.78 is 6.13. The first-order valence-electron chi connectivity index (χ1n) is 5.39. The maximum atomic E-state index is 5.02. The van der Waals surface area contributed by atoms with Crippen LogP contribution in [0.15, 0.2) is 28.7 Å². The van der Waals surface area contributed by atoms with Gasteiger partial charge in [0.05, 0.1) is 6.61 Å². The minimum atomic E-state index is 0.785. The van der Waals surface area contributed by atoms with Gasteiger partial charge in [-0.3, -0.25) is 0 Å². The van der Waals surface area contributed by atoms with Crippen LogP contribution >= 0.6 is 15.9 Å². The Kier molecular flexibility index (Phi) is 6.45.